The molecule has 0 radical (unpaired) electrons. The van der Waals surface area contributed by atoms with Gasteiger partial charge in [0.15, 0.2) is 6.73 Å². The Bertz CT molecular complexity index is 512. The van der Waals surface area contributed by atoms with Crippen molar-refractivity contribution in [2.24, 2.45) is 0 Å². The number of hydrogen-bond acceptors (Lipinski definition) is 6. The monoisotopic (exact) mass is 236 g/mol. The zero-order chi connectivity index (χ0) is 11.5. The standard InChI is InChI=1S/C5H8N4O5S/c1-2-3-8-5(10)9(7-6-8)4-14-15(11,12)13/h2-3H,4H2,1H3,(H,11,12,13)/b3-2+. The highest BCUT2D eigenvalue weighted by atomic mass is 32.3. The molecule has 0 fully saturated rings. The number of nitrogens with zero attached hydrogens (tertiary/aromatic N) is 4. The molecule has 1 heterocycles. The number of rotatable bonds is 4. The molecule has 0 aliphatic carbocycles. The predicted molar refractivity (Wildman–Crippen MR) is 47.9 cm³/mol. The van der Waals surface area contributed by atoms with Gasteiger partial charge >= 0.3 is 16.1 Å². The lowest BCUT2D eigenvalue weighted by Gasteiger charge is -1.95. The molecule has 0 spiro atoms. The average Bonchev–Trinajstić information content (AvgIpc) is 2.45. The van der Waals surface area contributed by atoms with E-state index < -0.39 is 22.8 Å². The van der Waals surface area contributed by atoms with Crippen molar-refractivity contribution in [3.63, 3.8) is 0 Å². The van der Waals surface area contributed by atoms with Gasteiger partial charge in [-0.1, -0.05) is 6.08 Å². The second-order valence-corrected chi connectivity index (χ2v) is 3.45. The molecule has 0 aliphatic heterocycles. The van der Waals surface area contributed by atoms with Crippen LogP contribution in [0, 0.1) is 0 Å². The second-order valence-electron chi connectivity index (χ2n) is 2.36. The molecule has 1 aromatic heterocycles. The van der Waals surface area contributed by atoms with Gasteiger partial charge in [-0.15, -0.1) is 0 Å². The maximum absolute atomic E-state index is 11.3. The SMILES string of the molecule is C/C=C/n1nnn(COS(=O)(=O)O)c1=O. The van der Waals surface area contributed by atoms with E-state index in [1.54, 1.807) is 13.0 Å². The van der Waals surface area contributed by atoms with Crippen LogP contribution in [-0.2, 0) is 21.3 Å². The first-order valence-corrected chi connectivity index (χ1v) is 5.07. The number of aromatic nitrogens is 4. The zero-order valence-corrected chi connectivity index (χ0v) is 8.46. The summed E-state index contributed by atoms with van der Waals surface area (Å²) in [4.78, 5) is 11.3. The Morgan fingerprint density at radius 2 is 2.20 bits per heavy atom. The minimum Gasteiger partial charge on any atom is -0.263 e. The van der Waals surface area contributed by atoms with Gasteiger partial charge in [-0.2, -0.15) is 17.8 Å². The highest BCUT2D eigenvalue weighted by molar-refractivity contribution is 7.80. The maximum Gasteiger partial charge on any atom is 0.399 e. The smallest absolute Gasteiger partial charge is 0.263 e. The molecule has 0 unspecified atom stereocenters. The fraction of sp³-hybridized carbons (Fsp3) is 0.400. The summed E-state index contributed by atoms with van der Waals surface area (Å²) in [5.41, 5.74) is -0.684. The van der Waals surface area contributed by atoms with Crippen LogP contribution < -0.4 is 5.69 Å². The van der Waals surface area contributed by atoms with Crippen LogP contribution in [0.5, 0.6) is 0 Å². The van der Waals surface area contributed by atoms with Crippen molar-refractivity contribution < 1.29 is 17.2 Å². The number of hydrogen-bond donors (Lipinski definition) is 1. The summed E-state index contributed by atoms with van der Waals surface area (Å²) in [5.74, 6) is 0. The molecule has 0 aliphatic rings. The van der Waals surface area contributed by atoms with E-state index in [-0.39, 0.29) is 0 Å². The Kier molecular flexibility index (Phi) is 3.34. The van der Waals surface area contributed by atoms with Crippen LogP contribution in [0.1, 0.15) is 6.92 Å². The van der Waals surface area contributed by atoms with Gasteiger partial charge in [0.05, 0.1) is 0 Å². The van der Waals surface area contributed by atoms with Crippen molar-refractivity contribution in [2.75, 3.05) is 0 Å². The molecule has 0 atom stereocenters. The molecule has 1 rings (SSSR count). The third-order valence-electron chi connectivity index (χ3n) is 1.28. The molecule has 9 nitrogen and oxygen atoms in total. The first-order chi connectivity index (χ1) is 6.94. The quantitative estimate of drug-likeness (QED) is 0.646. The van der Waals surface area contributed by atoms with Crippen LogP contribution in [0.2, 0.25) is 0 Å². The molecule has 10 heteroatoms. The van der Waals surface area contributed by atoms with Crippen LogP contribution in [0.4, 0.5) is 0 Å². The molecule has 0 amide bonds. The van der Waals surface area contributed by atoms with Gasteiger partial charge in [-0.3, -0.25) is 4.55 Å². The minimum absolute atomic E-state index is 0.633. The Labute approximate surface area is 84.5 Å². The Balaban J connectivity index is 2.85. The van der Waals surface area contributed by atoms with Crippen molar-refractivity contribution in [2.45, 2.75) is 13.7 Å². The second kappa shape index (κ2) is 4.33. The Morgan fingerprint density at radius 3 is 2.73 bits per heavy atom. The molecular formula is C5H8N4O5S. The van der Waals surface area contributed by atoms with Gasteiger partial charge in [0.1, 0.15) is 0 Å². The van der Waals surface area contributed by atoms with Crippen molar-refractivity contribution in [1.29, 1.82) is 0 Å². The molecule has 0 aromatic carbocycles. The average molecular weight is 236 g/mol. The summed E-state index contributed by atoms with van der Waals surface area (Å²) in [6.07, 6.45) is 2.88. The first kappa shape index (κ1) is 11.6. The van der Waals surface area contributed by atoms with Crippen LogP contribution >= 0.6 is 0 Å². The van der Waals surface area contributed by atoms with Crippen LogP contribution in [-0.4, -0.2) is 32.8 Å². The summed E-state index contributed by atoms with van der Waals surface area (Å²) in [6, 6.07) is 0. The lowest BCUT2D eigenvalue weighted by molar-refractivity contribution is 0.192. The lowest BCUT2D eigenvalue weighted by Crippen LogP contribution is -2.24. The van der Waals surface area contributed by atoms with Crippen LogP contribution in [0.25, 0.3) is 6.20 Å². The van der Waals surface area contributed by atoms with E-state index in [1.807, 2.05) is 0 Å². The van der Waals surface area contributed by atoms with Gasteiger partial charge < -0.3 is 0 Å². The van der Waals surface area contributed by atoms with Crippen molar-refractivity contribution in [3.8, 4) is 0 Å². The van der Waals surface area contributed by atoms with E-state index in [1.165, 1.54) is 6.20 Å². The van der Waals surface area contributed by atoms with E-state index in [4.69, 9.17) is 4.55 Å². The summed E-state index contributed by atoms with van der Waals surface area (Å²) in [7, 11) is -4.60. The van der Waals surface area contributed by atoms with Crippen molar-refractivity contribution in [3.05, 3.63) is 16.6 Å². The van der Waals surface area contributed by atoms with Crippen LogP contribution in [0.15, 0.2) is 10.9 Å². The molecule has 84 valence electrons. The lowest BCUT2D eigenvalue weighted by atomic mass is 10.7. The predicted octanol–water partition coefficient (Wildman–Crippen LogP) is -1.29. The van der Waals surface area contributed by atoms with E-state index in [0.717, 1.165) is 4.68 Å². The summed E-state index contributed by atoms with van der Waals surface area (Å²) < 4.78 is 34.1. The third-order valence-corrected chi connectivity index (χ3v) is 1.68. The van der Waals surface area contributed by atoms with E-state index in [9.17, 15) is 13.2 Å². The minimum atomic E-state index is -4.60. The molecule has 0 saturated carbocycles. The third kappa shape index (κ3) is 3.27. The molecule has 0 saturated heterocycles. The van der Waals surface area contributed by atoms with Gasteiger partial charge in [0, 0.05) is 6.20 Å². The summed E-state index contributed by atoms with van der Waals surface area (Å²) >= 11 is 0. The normalized spacial score (nSPS) is 12.4. The van der Waals surface area contributed by atoms with Gasteiger partial charge in [0.25, 0.3) is 0 Å². The highest BCUT2D eigenvalue weighted by Gasteiger charge is 2.09. The van der Waals surface area contributed by atoms with E-state index in [2.05, 4.69) is 14.6 Å². The van der Waals surface area contributed by atoms with E-state index in [0.29, 0.717) is 4.68 Å². The molecule has 1 N–H and O–H groups in total. The van der Waals surface area contributed by atoms with E-state index >= 15 is 0 Å². The topological polar surface area (TPSA) is 116 Å². The zero-order valence-electron chi connectivity index (χ0n) is 7.64. The Morgan fingerprint density at radius 1 is 1.53 bits per heavy atom. The Hall–Kier alpha value is -1.52. The van der Waals surface area contributed by atoms with Crippen LogP contribution in [0.3, 0.4) is 0 Å². The highest BCUT2D eigenvalue weighted by Crippen LogP contribution is 1.87. The van der Waals surface area contributed by atoms with Crippen molar-refractivity contribution >= 4 is 16.6 Å². The fourth-order valence-corrected chi connectivity index (χ4v) is 0.952. The number of allylic oxidation sites excluding steroid dienone is 1. The number of tetrazole rings is 1. The van der Waals surface area contributed by atoms with Gasteiger partial charge in [-0.05, 0) is 17.4 Å². The van der Waals surface area contributed by atoms with Gasteiger partial charge in [-0.25, -0.2) is 8.98 Å². The fourth-order valence-electron chi connectivity index (χ4n) is 0.719. The van der Waals surface area contributed by atoms with Crippen molar-refractivity contribution in [1.82, 2.24) is 19.8 Å². The molecule has 15 heavy (non-hydrogen) atoms. The molecular weight excluding hydrogens is 228 g/mol. The van der Waals surface area contributed by atoms with Gasteiger partial charge in [0.2, 0.25) is 0 Å². The molecule has 1 aromatic rings. The maximum atomic E-state index is 11.3. The first-order valence-electron chi connectivity index (χ1n) is 3.71. The molecule has 0 bridgehead atoms. The largest absolute Gasteiger partial charge is 0.399 e. The summed E-state index contributed by atoms with van der Waals surface area (Å²) in [6.45, 7) is 0.940. The summed E-state index contributed by atoms with van der Waals surface area (Å²) in [5, 5.41) is 6.68.